The number of nitrogens with zero attached hydrogens (tertiary/aromatic N) is 2. The lowest BCUT2D eigenvalue weighted by Gasteiger charge is -2.37. The van der Waals surface area contributed by atoms with Crippen LogP contribution in [0.5, 0.6) is 0 Å². The van der Waals surface area contributed by atoms with Crippen LogP contribution in [0.1, 0.15) is 32.0 Å². The monoisotopic (exact) mass is 481 g/mol. The van der Waals surface area contributed by atoms with Gasteiger partial charge in [-0.15, -0.1) is 0 Å². The average molecular weight is 482 g/mol. The predicted octanol–water partition coefficient (Wildman–Crippen LogP) is 4.85. The molecule has 0 spiro atoms. The van der Waals surface area contributed by atoms with Crippen LogP contribution in [-0.4, -0.2) is 58.8 Å². The molecule has 1 aromatic heterocycles. The Labute approximate surface area is 204 Å². The number of aromatic amines is 1. The molecular formula is C27H32FN3O4. The summed E-state index contributed by atoms with van der Waals surface area (Å²) in [6.45, 7) is 7.55. The number of fused-ring (bicyclic) bond motifs is 1. The molecule has 1 amide bonds. The van der Waals surface area contributed by atoms with Crippen molar-refractivity contribution < 1.29 is 23.8 Å². The predicted molar refractivity (Wildman–Crippen MR) is 133 cm³/mol. The van der Waals surface area contributed by atoms with Crippen LogP contribution in [0.15, 0.2) is 48.5 Å². The Morgan fingerprint density at radius 3 is 2.37 bits per heavy atom. The zero-order chi connectivity index (χ0) is 25.2. The Kier molecular flexibility index (Phi) is 7.00. The van der Waals surface area contributed by atoms with Gasteiger partial charge in [-0.3, -0.25) is 4.79 Å². The number of aromatic nitrogens is 1. The first-order valence-electron chi connectivity index (χ1n) is 11.9. The molecule has 1 aliphatic heterocycles. The third kappa shape index (κ3) is 6.12. The number of H-pyrrole nitrogens is 1. The Bertz CT molecular complexity index is 1190. The standard InChI is InChI=1S/C27H32FN3O4/c1-27(2,3)35-26(34)31-11-9-30(10-12-31)24-16-20(28)15-23-22(24)17-21(29-23)14-19(25(32)33)13-18-7-5-4-6-8-18/h4-8,15-17,19,29H,9-14H2,1-3H3,(H,32,33). The van der Waals surface area contributed by atoms with Gasteiger partial charge in [-0.2, -0.15) is 0 Å². The number of carboxylic acids is 1. The maximum absolute atomic E-state index is 14.5. The third-order valence-electron chi connectivity index (χ3n) is 6.15. The van der Waals surface area contributed by atoms with Crippen LogP contribution in [-0.2, 0) is 22.4 Å². The number of rotatable bonds is 6. The average Bonchev–Trinajstić information content (AvgIpc) is 3.20. The largest absolute Gasteiger partial charge is 0.481 e. The van der Waals surface area contributed by atoms with E-state index in [0.717, 1.165) is 22.3 Å². The fourth-order valence-electron chi connectivity index (χ4n) is 4.48. The highest BCUT2D eigenvalue weighted by Crippen LogP contribution is 2.31. The van der Waals surface area contributed by atoms with Crippen LogP contribution in [0.25, 0.3) is 10.9 Å². The van der Waals surface area contributed by atoms with Crippen LogP contribution < -0.4 is 4.90 Å². The minimum absolute atomic E-state index is 0.312. The van der Waals surface area contributed by atoms with Crippen molar-refractivity contribution in [3.05, 3.63) is 65.6 Å². The number of nitrogens with one attached hydrogen (secondary N) is 1. The summed E-state index contributed by atoms with van der Waals surface area (Å²) in [7, 11) is 0. The lowest BCUT2D eigenvalue weighted by molar-refractivity contribution is -0.141. The quantitative estimate of drug-likeness (QED) is 0.526. The van der Waals surface area contributed by atoms with Crippen LogP contribution in [0.2, 0.25) is 0 Å². The molecule has 2 heterocycles. The Balaban J connectivity index is 1.51. The molecule has 3 aromatic rings. The first kappa shape index (κ1) is 24.6. The molecule has 8 heteroatoms. The second-order valence-electron chi connectivity index (χ2n) is 10.1. The number of hydrogen-bond donors (Lipinski definition) is 2. The van der Waals surface area contributed by atoms with Gasteiger partial charge in [0.1, 0.15) is 11.4 Å². The minimum atomic E-state index is -0.864. The molecule has 7 nitrogen and oxygen atoms in total. The fourth-order valence-corrected chi connectivity index (χ4v) is 4.48. The molecule has 2 N–H and O–H groups in total. The van der Waals surface area contributed by atoms with Gasteiger partial charge in [0.2, 0.25) is 0 Å². The molecule has 0 aliphatic carbocycles. The molecule has 1 atom stereocenters. The van der Waals surface area contributed by atoms with Gasteiger partial charge in [-0.1, -0.05) is 30.3 Å². The minimum Gasteiger partial charge on any atom is -0.481 e. The maximum atomic E-state index is 14.5. The highest BCUT2D eigenvalue weighted by molar-refractivity contribution is 5.93. The number of carbonyl (C=O) groups is 2. The molecule has 2 aromatic carbocycles. The SMILES string of the molecule is CC(C)(C)OC(=O)N1CCN(c2cc(F)cc3[nH]c(CC(Cc4ccccc4)C(=O)O)cc23)CC1. The van der Waals surface area contributed by atoms with Crippen LogP contribution in [0.3, 0.4) is 0 Å². The normalized spacial score (nSPS) is 15.3. The van der Waals surface area contributed by atoms with Gasteiger partial charge in [-0.25, -0.2) is 9.18 Å². The van der Waals surface area contributed by atoms with E-state index in [1.54, 1.807) is 4.90 Å². The first-order chi connectivity index (χ1) is 16.6. The summed E-state index contributed by atoms with van der Waals surface area (Å²) in [5.74, 6) is -1.83. The number of aliphatic carboxylic acids is 1. The second-order valence-corrected chi connectivity index (χ2v) is 10.1. The Morgan fingerprint density at radius 1 is 1.06 bits per heavy atom. The lowest BCUT2D eigenvalue weighted by Crippen LogP contribution is -2.50. The van der Waals surface area contributed by atoms with Gasteiger partial charge in [0.05, 0.1) is 11.4 Å². The van der Waals surface area contributed by atoms with Crippen LogP contribution in [0.4, 0.5) is 14.9 Å². The Morgan fingerprint density at radius 2 is 1.74 bits per heavy atom. The number of halogens is 1. The van der Waals surface area contributed by atoms with E-state index in [9.17, 15) is 19.1 Å². The van der Waals surface area contributed by atoms with Crippen molar-refractivity contribution >= 4 is 28.7 Å². The molecular weight excluding hydrogens is 449 g/mol. The topological polar surface area (TPSA) is 85.9 Å². The van der Waals surface area contributed by atoms with Crippen molar-refractivity contribution in [3.8, 4) is 0 Å². The van der Waals surface area contributed by atoms with Crippen molar-refractivity contribution in [3.63, 3.8) is 0 Å². The second kappa shape index (κ2) is 9.98. The molecule has 1 fully saturated rings. The molecule has 4 rings (SSSR count). The summed E-state index contributed by atoms with van der Waals surface area (Å²) in [6, 6.07) is 14.4. The summed E-state index contributed by atoms with van der Waals surface area (Å²) >= 11 is 0. The molecule has 186 valence electrons. The number of anilines is 1. The number of amides is 1. The van der Waals surface area contributed by atoms with Gasteiger partial charge in [0.25, 0.3) is 0 Å². The van der Waals surface area contributed by atoms with E-state index in [1.165, 1.54) is 12.1 Å². The molecule has 0 radical (unpaired) electrons. The summed E-state index contributed by atoms with van der Waals surface area (Å²) in [4.78, 5) is 31.3. The lowest BCUT2D eigenvalue weighted by atomic mass is 9.95. The van der Waals surface area contributed by atoms with Gasteiger partial charge >= 0.3 is 12.1 Å². The number of ether oxygens (including phenoxy) is 1. The third-order valence-corrected chi connectivity index (χ3v) is 6.15. The smallest absolute Gasteiger partial charge is 0.410 e. The number of benzene rings is 2. The van der Waals surface area contributed by atoms with Crippen molar-refractivity contribution in [1.29, 1.82) is 0 Å². The summed E-state index contributed by atoms with van der Waals surface area (Å²) < 4.78 is 20.0. The van der Waals surface area contributed by atoms with E-state index in [0.29, 0.717) is 44.5 Å². The highest BCUT2D eigenvalue weighted by Gasteiger charge is 2.27. The molecule has 0 saturated carbocycles. The van der Waals surface area contributed by atoms with Crippen molar-refractivity contribution in [2.45, 2.75) is 39.2 Å². The molecule has 1 unspecified atom stereocenters. The molecule has 35 heavy (non-hydrogen) atoms. The van der Waals surface area contributed by atoms with E-state index in [4.69, 9.17) is 4.74 Å². The van der Waals surface area contributed by atoms with Gasteiger partial charge in [-0.05, 0) is 51.0 Å². The van der Waals surface area contributed by atoms with Crippen molar-refractivity contribution in [2.24, 2.45) is 5.92 Å². The van der Waals surface area contributed by atoms with E-state index in [1.807, 2.05) is 57.2 Å². The fraction of sp³-hybridized carbons (Fsp3) is 0.407. The maximum Gasteiger partial charge on any atom is 0.410 e. The molecule has 1 aliphatic rings. The highest BCUT2D eigenvalue weighted by atomic mass is 19.1. The Hall–Kier alpha value is -3.55. The molecule has 1 saturated heterocycles. The van der Waals surface area contributed by atoms with E-state index in [-0.39, 0.29) is 11.9 Å². The first-order valence-corrected chi connectivity index (χ1v) is 11.9. The summed E-state index contributed by atoms with van der Waals surface area (Å²) in [5, 5.41) is 10.6. The van der Waals surface area contributed by atoms with Crippen molar-refractivity contribution in [2.75, 3.05) is 31.1 Å². The molecule has 0 bridgehead atoms. The number of hydrogen-bond acceptors (Lipinski definition) is 4. The van der Waals surface area contributed by atoms with Gasteiger partial charge in [0, 0.05) is 49.4 Å². The van der Waals surface area contributed by atoms with Crippen molar-refractivity contribution in [1.82, 2.24) is 9.88 Å². The zero-order valence-corrected chi connectivity index (χ0v) is 20.4. The number of piperazine rings is 1. The number of carboxylic acid groups (broad SMARTS) is 1. The van der Waals surface area contributed by atoms with Gasteiger partial charge < -0.3 is 24.6 Å². The van der Waals surface area contributed by atoms with Crippen LogP contribution >= 0.6 is 0 Å². The summed E-state index contributed by atoms with van der Waals surface area (Å²) in [6.07, 6.45) is 0.384. The number of carbonyl (C=O) groups excluding carboxylic acids is 1. The van der Waals surface area contributed by atoms with Gasteiger partial charge in [0.15, 0.2) is 0 Å². The van der Waals surface area contributed by atoms with E-state index < -0.39 is 17.5 Å². The van der Waals surface area contributed by atoms with E-state index in [2.05, 4.69) is 9.88 Å². The van der Waals surface area contributed by atoms with Crippen LogP contribution in [0, 0.1) is 11.7 Å². The van der Waals surface area contributed by atoms with E-state index >= 15 is 0 Å². The summed E-state index contributed by atoms with van der Waals surface area (Å²) in [5.41, 5.74) is 2.53. The zero-order valence-electron chi connectivity index (χ0n) is 20.4.